The summed E-state index contributed by atoms with van der Waals surface area (Å²) < 4.78 is 53.7. The molecule has 0 saturated heterocycles. The van der Waals surface area contributed by atoms with Gasteiger partial charge in [-0.25, -0.2) is 13.2 Å². The molecular formula is C21H25F3N2O2. The molecule has 2 fully saturated rings. The van der Waals surface area contributed by atoms with Gasteiger partial charge in [-0.2, -0.15) is 0 Å². The van der Waals surface area contributed by atoms with E-state index in [4.69, 9.17) is 15.2 Å². The Morgan fingerprint density at radius 1 is 1.18 bits per heavy atom. The molecule has 0 spiro atoms. The predicted molar refractivity (Wildman–Crippen MR) is 98.9 cm³/mol. The van der Waals surface area contributed by atoms with Crippen LogP contribution in [0.5, 0.6) is 5.75 Å². The van der Waals surface area contributed by atoms with Gasteiger partial charge in [-0.05, 0) is 49.7 Å². The second-order valence-electron chi connectivity index (χ2n) is 7.95. The van der Waals surface area contributed by atoms with Gasteiger partial charge in [-0.3, -0.25) is 5.32 Å². The van der Waals surface area contributed by atoms with Gasteiger partial charge >= 0.3 is 0 Å². The Balaban J connectivity index is 1.60. The standard InChI is InChI=1S/C21H25F3N2O2/c1-27-19-8-16(23)17(25)9-21(19,13-4-5-13)26-10-14-18(28-11-12-2-3-12)7-6-15(22)20(14)24/h6-8,12-13,26H,2-5,9-11,25H2,1H3. The highest BCUT2D eigenvalue weighted by atomic mass is 19.2. The van der Waals surface area contributed by atoms with E-state index in [2.05, 4.69) is 5.32 Å². The Morgan fingerprint density at radius 3 is 2.57 bits per heavy atom. The van der Waals surface area contributed by atoms with E-state index in [1.165, 1.54) is 19.3 Å². The molecule has 152 valence electrons. The molecule has 0 bridgehead atoms. The number of nitrogens with two attached hydrogens (primary N) is 1. The van der Waals surface area contributed by atoms with Crippen molar-refractivity contribution in [1.82, 2.24) is 5.32 Å². The van der Waals surface area contributed by atoms with Gasteiger partial charge in [-0.15, -0.1) is 0 Å². The lowest BCUT2D eigenvalue weighted by Crippen LogP contribution is -2.51. The summed E-state index contributed by atoms with van der Waals surface area (Å²) in [5, 5.41) is 3.32. The molecule has 4 rings (SSSR count). The van der Waals surface area contributed by atoms with Crippen molar-refractivity contribution in [2.45, 2.75) is 44.2 Å². The summed E-state index contributed by atoms with van der Waals surface area (Å²) in [6.45, 7) is 0.519. The van der Waals surface area contributed by atoms with Crippen molar-refractivity contribution in [3.05, 3.63) is 52.7 Å². The van der Waals surface area contributed by atoms with Crippen molar-refractivity contribution in [2.75, 3.05) is 13.7 Å². The van der Waals surface area contributed by atoms with Gasteiger partial charge in [-0.1, -0.05) is 0 Å². The quantitative estimate of drug-likeness (QED) is 0.698. The lowest BCUT2D eigenvalue weighted by Gasteiger charge is -2.39. The largest absolute Gasteiger partial charge is 0.499 e. The van der Waals surface area contributed by atoms with Gasteiger partial charge in [0.1, 0.15) is 17.3 Å². The summed E-state index contributed by atoms with van der Waals surface area (Å²) in [7, 11) is 1.48. The summed E-state index contributed by atoms with van der Waals surface area (Å²) in [5.41, 5.74) is 5.41. The van der Waals surface area contributed by atoms with Crippen molar-refractivity contribution in [3.63, 3.8) is 0 Å². The number of nitrogens with one attached hydrogen (secondary N) is 1. The van der Waals surface area contributed by atoms with Crippen LogP contribution in [0.4, 0.5) is 13.2 Å². The maximum absolute atomic E-state index is 14.6. The van der Waals surface area contributed by atoms with Crippen LogP contribution in [0.25, 0.3) is 0 Å². The lowest BCUT2D eigenvalue weighted by molar-refractivity contribution is 0.164. The van der Waals surface area contributed by atoms with E-state index in [1.807, 2.05) is 0 Å². The summed E-state index contributed by atoms with van der Waals surface area (Å²) >= 11 is 0. The Kier molecular flexibility index (Phi) is 5.04. The minimum Gasteiger partial charge on any atom is -0.499 e. The number of halogens is 3. The van der Waals surface area contributed by atoms with Crippen LogP contribution in [0.1, 0.15) is 37.7 Å². The molecule has 3 aliphatic carbocycles. The zero-order valence-corrected chi connectivity index (χ0v) is 15.9. The molecule has 3 aliphatic rings. The lowest BCUT2D eigenvalue weighted by atomic mass is 9.82. The SMILES string of the molecule is COC1=CC(F)=C(N)CC1(NCc1c(OCC2CC2)ccc(F)c1F)C1CC1. The average molecular weight is 394 g/mol. The minimum atomic E-state index is -0.930. The first-order chi connectivity index (χ1) is 13.4. The number of allylic oxidation sites excluding steroid dienone is 2. The highest BCUT2D eigenvalue weighted by molar-refractivity contribution is 5.39. The third kappa shape index (κ3) is 3.60. The molecular weight excluding hydrogens is 369 g/mol. The van der Waals surface area contributed by atoms with Gasteiger partial charge in [0.05, 0.1) is 19.3 Å². The highest BCUT2D eigenvalue weighted by Crippen LogP contribution is 2.49. The third-order valence-corrected chi connectivity index (χ3v) is 5.87. The van der Waals surface area contributed by atoms with E-state index < -0.39 is 23.0 Å². The molecule has 4 nitrogen and oxygen atoms in total. The summed E-state index contributed by atoms with van der Waals surface area (Å²) in [5.74, 6) is -0.927. The van der Waals surface area contributed by atoms with Crippen molar-refractivity contribution in [2.24, 2.45) is 17.6 Å². The topological polar surface area (TPSA) is 56.5 Å². The summed E-state index contributed by atoms with van der Waals surface area (Å²) in [6, 6.07) is 2.54. The molecule has 2 saturated carbocycles. The molecule has 0 amide bonds. The van der Waals surface area contributed by atoms with Crippen LogP contribution in [0, 0.1) is 23.5 Å². The van der Waals surface area contributed by atoms with E-state index in [1.54, 1.807) is 0 Å². The molecule has 0 heterocycles. The van der Waals surface area contributed by atoms with Crippen LogP contribution in [0.3, 0.4) is 0 Å². The zero-order valence-electron chi connectivity index (χ0n) is 15.9. The molecule has 1 atom stereocenters. The predicted octanol–water partition coefficient (Wildman–Crippen LogP) is 4.07. The van der Waals surface area contributed by atoms with Crippen molar-refractivity contribution < 1.29 is 22.6 Å². The van der Waals surface area contributed by atoms with Gasteiger partial charge in [0.25, 0.3) is 0 Å². The number of benzene rings is 1. The summed E-state index contributed by atoms with van der Waals surface area (Å²) in [4.78, 5) is 0. The Labute approximate surface area is 162 Å². The van der Waals surface area contributed by atoms with Crippen LogP contribution < -0.4 is 15.8 Å². The molecule has 1 aromatic carbocycles. The first kappa shape index (κ1) is 19.2. The van der Waals surface area contributed by atoms with Crippen LogP contribution in [-0.2, 0) is 11.3 Å². The van der Waals surface area contributed by atoms with Crippen LogP contribution in [-0.4, -0.2) is 19.3 Å². The first-order valence-corrected chi connectivity index (χ1v) is 9.69. The van der Waals surface area contributed by atoms with Crippen LogP contribution in [0.2, 0.25) is 0 Å². The normalized spacial score (nSPS) is 24.9. The maximum atomic E-state index is 14.6. The van der Waals surface area contributed by atoms with Crippen molar-refractivity contribution in [1.29, 1.82) is 0 Å². The molecule has 0 aliphatic heterocycles. The van der Waals surface area contributed by atoms with E-state index in [0.717, 1.165) is 31.7 Å². The van der Waals surface area contributed by atoms with Gasteiger partial charge in [0.15, 0.2) is 11.6 Å². The monoisotopic (exact) mass is 394 g/mol. The number of hydrogen-bond donors (Lipinski definition) is 2. The number of hydrogen-bond acceptors (Lipinski definition) is 4. The third-order valence-electron chi connectivity index (χ3n) is 5.87. The van der Waals surface area contributed by atoms with Gasteiger partial charge < -0.3 is 15.2 Å². The van der Waals surface area contributed by atoms with Crippen molar-refractivity contribution in [3.8, 4) is 5.75 Å². The first-order valence-electron chi connectivity index (χ1n) is 9.69. The van der Waals surface area contributed by atoms with Crippen molar-refractivity contribution >= 4 is 0 Å². The molecule has 1 unspecified atom stereocenters. The van der Waals surface area contributed by atoms with E-state index >= 15 is 0 Å². The highest BCUT2D eigenvalue weighted by Gasteiger charge is 2.51. The number of ether oxygens (including phenoxy) is 2. The molecule has 3 N–H and O–H groups in total. The molecule has 0 aromatic heterocycles. The van der Waals surface area contributed by atoms with E-state index in [0.29, 0.717) is 24.0 Å². The zero-order chi connectivity index (χ0) is 19.9. The van der Waals surface area contributed by atoms with Gasteiger partial charge in [0.2, 0.25) is 0 Å². The second-order valence-corrected chi connectivity index (χ2v) is 7.95. The average Bonchev–Trinajstić information content (AvgIpc) is 3.56. The Morgan fingerprint density at radius 2 is 1.93 bits per heavy atom. The van der Waals surface area contributed by atoms with Crippen LogP contribution in [0.15, 0.2) is 35.5 Å². The fourth-order valence-electron chi connectivity index (χ4n) is 3.88. The maximum Gasteiger partial charge on any atom is 0.167 e. The van der Waals surface area contributed by atoms with Gasteiger partial charge in [0, 0.05) is 30.3 Å². The van der Waals surface area contributed by atoms with Crippen LogP contribution >= 0.6 is 0 Å². The summed E-state index contributed by atoms with van der Waals surface area (Å²) in [6.07, 6.45) is 5.57. The fourth-order valence-corrected chi connectivity index (χ4v) is 3.88. The smallest absolute Gasteiger partial charge is 0.167 e. The Hall–Kier alpha value is -2.15. The molecule has 1 aromatic rings. The molecule has 0 radical (unpaired) electrons. The van der Waals surface area contributed by atoms with E-state index in [-0.39, 0.29) is 30.1 Å². The van der Waals surface area contributed by atoms with E-state index in [9.17, 15) is 13.2 Å². The Bertz CT molecular complexity index is 831. The molecule has 28 heavy (non-hydrogen) atoms. The molecule has 7 heteroatoms. The number of rotatable bonds is 8. The minimum absolute atomic E-state index is 0.0235. The second kappa shape index (κ2) is 7.35. The fraction of sp³-hybridized carbons (Fsp3) is 0.524. The number of methoxy groups -OCH3 is 1.